The highest BCUT2D eigenvalue weighted by Gasteiger charge is 2.12. The van der Waals surface area contributed by atoms with Crippen molar-refractivity contribution in [3.63, 3.8) is 0 Å². The van der Waals surface area contributed by atoms with Crippen molar-refractivity contribution in [1.29, 1.82) is 0 Å². The Morgan fingerprint density at radius 1 is 1.06 bits per heavy atom. The Morgan fingerprint density at radius 3 is 2.44 bits per heavy atom. The summed E-state index contributed by atoms with van der Waals surface area (Å²) in [6.45, 7) is 4.28. The van der Waals surface area contributed by atoms with E-state index in [1.807, 2.05) is 18.2 Å². The Hall–Kier alpha value is -1.54. The van der Waals surface area contributed by atoms with Gasteiger partial charge in [0.1, 0.15) is 6.10 Å². The maximum atomic E-state index is 10.1. The van der Waals surface area contributed by atoms with Crippen LogP contribution >= 0.6 is 0 Å². The van der Waals surface area contributed by atoms with Crippen molar-refractivity contribution in [3.8, 4) is 0 Å². The molecule has 0 aliphatic rings. The van der Waals surface area contributed by atoms with Crippen LogP contribution in [0.1, 0.15) is 42.6 Å². The van der Waals surface area contributed by atoms with Crippen LogP contribution in [0.3, 0.4) is 0 Å². The molecular formula is C14H16O2. The van der Waals surface area contributed by atoms with Gasteiger partial charge in [-0.15, -0.1) is 0 Å². The molecule has 0 amide bonds. The van der Waals surface area contributed by atoms with Gasteiger partial charge in [-0.25, -0.2) is 0 Å². The first-order valence-corrected chi connectivity index (χ1v) is 5.48. The van der Waals surface area contributed by atoms with E-state index in [1.165, 1.54) is 5.56 Å². The van der Waals surface area contributed by atoms with Gasteiger partial charge in [-0.2, -0.15) is 0 Å². The summed E-state index contributed by atoms with van der Waals surface area (Å²) in [4.78, 5) is 0. The maximum absolute atomic E-state index is 10.1. The Bertz CT molecular complexity index is 444. The van der Waals surface area contributed by atoms with Crippen molar-refractivity contribution in [2.24, 2.45) is 0 Å². The van der Waals surface area contributed by atoms with E-state index in [9.17, 15) is 5.11 Å². The highest BCUT2D eigenvalue weighted by atomic mass is 16.3. The zero-order chi connectivity index (χ0) is 11.5. The molecule has 0 saturated heterocycles. The van der Waals surface area contributed by atoms with Crippen LogP contribution in [0, 0.1) is 0 Å². The fourth-order valence-corrected chi connectivity index (χ4v) is 1.71. The molecule has 84 valence electrons. The summed E-state index contributed by atoms with van der Waals surface area (Å²) >= 11 is 0. The number of furan rings is 1. The van der Waals surface area contributed by atoms with Gasteiger partial charge >= 0.3 is 0 Å². The zero-order valence-electron chi connectivity index (χ0n) is 9.55. The van der Waals surface area contributed by atoms with E-state index in [-0.39, 0.29) is 0 Å². The topological polar surface area (TPSA) is 33.4 Å². The van der Waals surface area contributed by atoms with E-state index in [0.717, 1.165) is 11.1 Å². The number of hydrogen-bond donors (Lipinski definition) is 1. The summed E-state index contributed by atoms with van der Waals surface area (Å²) < 4.78 is 4.97. The molecule has 0 bridgehead atoms. The molecule has 16 heavy (non-hydrogen) atoms. The second-order valence-electron chi connectivity index (χ2n) is 4.28. The average molecular weight is 216 g/mol. The van der Waals surface area contributed by atoms with Crippen LogP contribution in [0.4, 0.5) is 0 Å². The van der Waals surface area contributed by atoms with Gasteiger partial charge in [0.15, 0.2) is 0 Å². The van der Waals surface area contributed by atoms with Crippen LogP contribution in [0.5, 0.6) is 0 Å². The van der Waals surface area contributed by atoms with Crippen LogP contribution in [0.15, 0.2) is 47.3 Å². The van der Waals surface area contributed by atoms with Gasteiger partial charge in [-0.3, -0.25) is 0 Å². The lowest BCUT2D eigenvalue weighted by atomic mass is 9.97. The van der Waals surface area contributed by atoms with E-state index in [1.54, 1.807) is 18.6 Å². The Labute approximate surface area is 95.5 Å². The number of hydrogen-bond acceptors (Lipinski definition) is 2. The largest absolute Gasteiger partial charge is 0.472 e. The van der Waals surface area contributed by atoms with Crippen LogP contribution in [0.25, 0.3) is 0 Å². The molecule has 0 aliphatic carbocycles. The number of rotatable bonds is 3. The second kappa shape index (κ2) is 4.54. The van der Waals surface area contributed by atoms with E-state index in [2.05, 4.69) is 19.9 Å². The lowest BCUT2D eigenvalue weighted by molar-refractivity contribution is 0.219. The molecule has 1 N–H and O–H groups in total. The van der Waals surface area contributed by atoms with E-state index in [4.69, 9.17) is 4.42 Å². The van der Waals surface area contributed by atoms with Gasteiger partial charge in [0.05, 0.1) is 12.5 Å². The molecule has 2 rings (SSSR count). The SMILES string of the molecule is CC(C)c1cccc([C@H](O)c2ccoc2)c1. The highest BCUT2D eigenvalue weighted by Crippen LogP contribution is 2.25. The van der Waals surface area contributed by atoms with E-state index in [0.29, 0.717) is 5.92 Å². The normalized spacial score (nSPS) is 13.0. The average Bonchev–Trinajstić information content (AvgIpc) is 2.81. The molecule has 0 unspecified atom stereocenters. The quantitative estimate of drug-likeness (QED) is 0.852. The number of aliphatic hydroxyl groups is 1. The second-order valence-corrected chi connectivity index (χ2v) is 4.28. The van der Waals surface area contributed by atoms with Gasteiger partial charge in [0.25, 0.3) is 0 Å². The zero-order valence-corrected chi connectivity index (χ0v) is 9.55. The molecule has 1 atom stereocenters. The Morgan fingerprint density at radius 2 is 1.81 bits per heavy atom. The van der Waals surface area contributed by atoms with Gasteiger partial charge in [-0.05, 0) is 23.1 Å². The fourth-order valence-electron chi connectivity index (χ4n) is 1.71. The third kappa shape index (κ3) is 2.17. The summed E-state index contributed by atoms with van der Waals surface area (Å²) in [5.41, 5.74) is 2.94. The summed E-state index contributed by atoms with van der Waals surface area (Å²) in [6.07, 6.45) is 2.55. The van der Waals surface area contributed by atoms with E-state index >= 15 is 0 Å². The molecule has 2 nitrogen and oxygen atoms in total. The van der Waals surface area contributed by atoms with Gasteiger partial charge in [-0.1, -0.05) is 38.1 Å². The van der Waals surface area contributed by atoms with Gasteiger partial charge in [0.2, 0.25) is 0 Å². The molecule has 0 fully saturated rings. The minimum atomic E-state index is -0.600. The molecule has 1 aromatic carbocycles. The number of benzene rings is 1. The van der Waals surface area contributed by atoms with Crippen LogP contribution in [0.2, 0.25) is 0 Å². The predicted octanol–water partition coefficient (Wildman–Crippen LogP) is 3.48. The van der Waals surface area contributed by atoms with Gasteiger partial charge < -0.3 is 9.52 Å². The first-order chi connectivity index (χ1) is 7.68. The molecule has 1 aromatic heterocycles. The van der Waals surface area contributed by atoms with E-state index < -0.39 is 6.10 Å². The smallest absolute Gasteiger partial charge is 0.107 e. The third-order valence-electron chi connectivity index (χ3n) is 2.75. The minimum Gasteiger partial charge on any atom is -0.472 e. The summed E-state index contributed by atoms with van der Waals surface area (Å²) in [5.74, 6) is 0.469. The first-order valence-electron chi connectivity index (χ1n) is 5.48. The molecule has 1 heterocycles. The fraction of sp³-hybridized carbons (Fsp3) is 0.286. The summed E-state index contributed by atoms with van der Waals surface area (Å²) in [5, 5.41) is 10.1. The van der Waals surface area contributed by atoms with Crippen molar-refractivity contribution >= 4 is 0 Å². The molecule has 0 radical (unpaired) electrons. The highest BCUT2D eigenvalue weighted by molar-refractivity contribution is 5.32. The molecule has 2 heteroatoms. The van der Waals surface area contributed by atoms with Crippen LogP contribution in [-0.4, -0.2) is 5.11 Å². The molecular weight excluding hydrogens is 200 g/mol. The monoisotopic (exact) mass is 216 g/mol. The molecule has 0 aliphatic heterocycles. The summed E-state index contributed by atoms with van der Waals surface area (Å²) in [7, 11) is 0. The van der Waals surface area contributed by atoms with Crippen LogP contribution in [-0.2, 0) is 0 Å². The summed E-state index contributed by atoms with van der Waals surface area (Å²) in [6, 6.07) is 9.82. The standard InChI is InChI=1S/C14H16O2/c1-10(2)11-4-3-5-12(8-11)14(15)13-6-7-16-9-13/h3-10,14-15H,1-2H3/t14-/m0/s1. The minimum absolute atomic E-state index is 0.469. The molecule has 2 aromatic rings. The maximum Gasteiger partial charge on any atom is 0.107 e. The van der Waals surface area contributed by atoms with Crippen molar-refractivity contribution in [3.05, 3.63) is 59.5 Å². The Kier molecular flexibility index (Phi) is 3.11. The van der Waals surface area contributed by atoms with Crippen molar-refractivity contribution < 1.29 is 9.52 Å². The number of aliphatic hydroxyl groups excluding tert-OH is 1. The Balaban J connectivity index is 2.30. The van der Waals surface area contributed by atoms with Crippen LogP contribution < -0.4 is 0 Å². The lowest BCUT2D eigenvalue weighted by Crippen LogP contribution is -1.99. The molecule has 0 spiro atoms. The van der Waals surface area contributed by atoms with Crippen molar-refractivity contribution in [2.45, 2.75) is 25.9 Å². The molecule has 0 saturated carbocycles. The first kappa shape index (κ1) is 11.0. The predicted molar refractivity (Wildman–Crippen MR) is 63.3 cm³/mol. The van der Waals surface area contributed by atoms with Crippen molar-refractivity contribution in [2.75, 3.05) is 0 Å². The third-order valence-corrected chi connectivity index (χ3v) is 2.75. The lowest BCUT2D eigenvalue weighted by Gasteiger charge is -2.12. The van der Waals surface area contributed by atoms with Gasteiger partial charge in [0, 0.05) is 5.56 Å². The van der Waals surface area contributed by atoms with Crippen molar-refractivity contribution in [1.82, 2.24) is 0 Å².